The van der Waals surface area contributed by atoms with Gasteiger partial charge in [-0.25, -0.2) is 4.98 Å². The number of aromatic nitrogens is 1. The van der Waals surface area contributed by atoms with Gasteiger partial charge in [-0.1, -0.05) is 0 Å². The molecule has 0 aliphatic carbocycles. The third kappa shape index (κ3) is 2.30. The Balaban J connectivity index is 3.02. The molecule has 0 bridgehead atoms. The van der Waals surface area contributed by atoms with Crippen molar-refractivity contribution in [2.45, 2.75) is 6.54 Å². The molecule has 1 heterocycles. The molecule has 0 amide bonds. The summed E-state index contributed by atoms with van der Waals surface area (Å²) in [6.45, 7) is 0.523. The maximum absolute atomic E-state index is 5.46. The maximum Gasteiger partial charge on any atom is 0.214 e. The van der Waals surface area contributed by atoms with E-state index >= 15 is 0 Å². The lowest BCUT2D eigenvalue weighted by Crippen LogP contribution is -1.99. The number of ether oxygens (including phenoxy) is 1. The lowest BCUT2D eigenvalue weighted by Gasteiger charge is -2.01. The minimum atomic E-state index is 0.523. The molecular weight excluding hydrogens is 255 g/mol. The number of methoxy groups -OCH3 is 1. The van der Waals surface area contributed by atoms with E-state index in [1.54, 1.807) is 7.11 Å². The van der Waals surface area contributed by atoms with Gasteiger partial charge in [0.15, 0.2) is 0 Å². The Kier molecular flexibility index (Phi) is 3.07. The van der Waals surface area contributed by atoms with Crippen molar-refractivity contribution in [2.24, 2.45) is 5.73 Å². The van der Waals surface area contributed by atoms with Gasteiger partial charge in [0, 0.05) is 12.6 Å². The van der Waals surface area contributed by atoms with E-state index < -0.39 is 0 Å². The zero-order valence-electron chi connectivity index (χ0n) is 6.17. The first-order valence-electron chi connectivity index (χ1n) is 3.17. The van der Waals surface area contributed by atoms with Crippen LogP contribution in [0.4, 0.5) is 0 Å². The molecule has 60 valence electrons. The van der Waals surface area contributed by atoms with Gasteiger partial charge in [0.25, 0.3) is 0 Å². The standard InChI is InChI=1S/C7H9IN2O/c1-11-7-3-5(4-9)2-6(8)10-7/h2-3H,4,9H2,1H3. The number of halogens is 1. The molecule has 1 rings (SSSR count). The maximum atomic E-state index is 5.46. The molecule has 0 fully saturated rings. The van der Waals surface area contributed by atoms with Crippen molar-refractivity contribution >= 4 is 22.6 Å². The van der Waals surface area contributed by atoms with E-state index in [4.69, 9.17) is 10.5 Å². The number of hydrogen-bond acceptors (Lipinski definition) is 3. The van der Waals surface area contributed by atoms with Crippen molar-refractivity contribution in [3.05, 3.63) is 21.4 Å². The van der Waals surface area contributed by atoms with Gasteiger partial charge < -0.3 is 10.5 Å². The number of nitrogens with two attached hydrogens (primary N) is 1. The van der Waals surface area contributed by atoms with E-state index in [2.05, 4.69) is 27.6 Å². The molecule has 0 aliphatic heterocycles. The smallest absolute Gasteiger partial charge is 0.214 e. The van der Waals surface area contributed by atoms with Gasteiger partial charge in [-0.3, -0.25) is 0 Å². The van der Waals surface area contributed by atoms with E-state index in [0.717, 1.165) is 9.26 Å². The Hall–Kier alpha value is -0.360. The number of rotatable bonds is 2. The summed E-state index contributed by atoms with van der Waals surface area (Å²) in [5.74, 6) is 0.623. The average Bonchev–Trinajstić information content (AvgIpc) is 2.03. The van der Waals surface area contributed by atoms with Gasteiger partial charge >= 0.3 is 0 Å². The summed E-state index contributed by atoms with van der Waals surface area (Å²) in [5, 5.41) is 0. The summed E-state index contributed by atoms with van der Waals surface area (Å²) < 4.78 is 5.87. The molecule has 0 saturated heterocycles. The minimum absolute atomic E-state index is 0.523. The molecule has 0 aromatic carbocycles. The second kappa shape index (κ2) is 3.87. The SMILES string of the molecule is COc1cc(CN)cc(I)n1. The van der Waals surface area contributed by atoms with Crippen molar-refractivity contribution in [3.8, 4) is 5.88 Å². The topological polar surface area (TPSA) is 48.1 Å². The van der Waals surface area contributed by atoms with Crippen molar-refractivity contribution in [2.75, 3.05) is 7.11 Å². The molecule has 0 aliphatic rings. The van der Waals surface area contributed by atoms with Gasteiger partial charge in [0.2, 0.25) is 5.88 Å². The van der Waals surface area contributed by atoms with Crippen LogP contribution < -0.4 is 10.5 Å². The summed E-state index contributed by atoms with van der Waals surface area (Å²) >= 11 is 2.13. The lowest BCUT2D eigenvalue weighted by atomic mass is 10.3. The number of hydrogen-bond donors (Lipinski definition) is 1. The van der Waals surface area contributed by atoms with Crippen LogP contribution in [0.1, 0.15) is 5.56 Å². The Labute approximate surface area is 79.1 Å². The quantitative estimate of drug-likeness (QED) is 0.644. The molecular formula is C7H9IN2O. The summed E-state index contributed by atoms with van der Waals surface area (Å²) in [4.78, 5) is 4.11. The van der Waals surface area contributed by atoms with Gasteiger partial charge in [0.1, 0.15) is 3.70 Å². The van der Waals surface area contributed by atoms with E-state index in [-0.39, 0.29) is 0 Å². The Morgan fingerprint density at radius 3 is 2.91 bits per heavy atom. The Morgan fingerprint density at radius 2 is 2.36 bits per heavy atom. The zero-order chi connectivity index (χ0) is 8.27. The third-order valence-corrected chi connectivity index (χ3v) is 1.83. The highest BCUT2D eigenvalue weighted by Gasteiger charge is 1.98. The lowest BCUT2D eigenvalue weighted by molar-refractivity contribution is 0.396. The average molecular weight is 264 g/mol. The molecule has 1 aromatic heterocycles. The van der Waals surface area contributed by atoms with Crippen LogP contribution in [0.3, 0.4) is 0 Å². The van der Waals surface area contributed by atoms with Gasteiger partial charge in [-0.2, -0.15) is 0 Å². The molecule has 3 nitrogen and oxygen atoms in total. The fourth-order valence-corrected chi connectivity index (χ4v) is 1.38. The van der Waals surface area contributed by atoms with E-state index in [9.17, 15) is 0 Å². The van der Waals surface area contributed by atoms with Crippen molar-refractivity contribution < 1.29 is 4.74 Å². The molecule has 0 spiro atoms. The Morgan fingerprint density at radius 1 is 1.64 bits per heavy atom. The highest BCUT2D eigenvalue weighted by molar-refractivity contribution is 14.1. The predicted octanol–water partition coefficient (Wildman–Crippen LogP) is 1.15. The third-order valence-electron chi connectivity index (χ3n) is 1.28. The summed E-state index contributed by atoms with van der Waals surface area (Å²) in [7, 11) is 1.60. The molecule has 0 radical (unpaired) electrons. The van der Waals surface area contributed by atoms with Crippen LogP contribution in [0.15, 0.2) is 12.1 Å². The Bertz CT molecular complexity index is 230. The monoisotopic (exact) mass is 264 g/mol. The fourth-order valence-electron chi connectivity index (χ4n) is 0.745. The second-order valence-corrected chi connectivity index (χ2v) is 3.15. The fraction of sp³-hybridized carbons (Fsp3) is 0.286. The van der Waals surface area contributed by atoms with E-state index in [1.165, 1.54) is 0 Å². The first kappa shape index (κ1) is 8.73. The first-order chi connectivity index (χ1) is 5.26. The largest absolute Gasteiger partial charge is 0.481 e. The van der Waals surface area contributed by atoms with Crippen molar-refractivity contribution in [1.82, 2.24) is 4.98 Å². The summed E-state index contributed by atoms with van der Waals surface area (Å²) in [5.41, 5.74) is 6.50. The van der Waals surface area contributed by atoms with Crippen LogP contribution in [-0.2, 0) is 6.54 Å². The highest BCUT2D eigenvalue weighted by atomic mass is 127. The van der Waals surface area contributed by atoms with E-state index in [1.807, 2.05) is 12.1 Å². The number of pyridine rings is 1. The van der Waals surface area contributed by atoms with Crippen molar-refractivity contribution in [1.29, 1.82) is 0 Å². The van der Waals surface area contributed by atoms with Crippen LogP contribution in [0.2, 0.25) is 0 Å². The first-order valence-corrected chi connectivity index (χ1v) is 4.24. The normalized spacial score (nSPS) is 9.73. The zero-order valence-corrected chi connectivity index (χ0v) is 8.33. The van der Waals surface area contributed by atoms with Crippen LogP contribution in [0.5, 0.6) is 5.88 Å². The molecule has 1 aromatic rings. The van der Waals surface area contributed by atoms with E-state index in [0.29, 0.717) is 12.4 Å². The van der Waals surface area contributed by atoms with Crippen LogP contribution in [0.25, 0.3) is 0 Å². The molecule has 0 saturated carbocycles. The van der Waals surface area contributed by atoms with Crippen LogP contribution >= 0.6 is 22.6 Å². The molecule has 4 heteroatoms. The summed E-state index contributed by atoms with van der Waals surface area (Å²) in [6, 6.07) is 3.77. The van der Waals surface area contributed by atoms with Gasteiger partial charge in [-0.15, -0.1) is 0 Å². The van der Waals surface area contributed by atoms with Crippen LogP contribution in [-0.4, -0.2) is 12.1 Å². The molecule has 0 atom stereocenters. The molecule has 0 unspecified atom stereocenters. The van der Waals surface area contributed by atoms with Gasteiger partial charge in [0.05, 0.1) is 7.11 Å². The number of nitrogens with zero attached hydrogens (tertiary/aromatic N) is 1. The summed E-state index contributed by atoms with van der Waals surface area (Å²) in [6.07, 6.45) is 0. The molecule has 2 N–H and O–H groups in total. The molecule has 11 heavy (non-hydrogen) atoms. The van der Waals surface area contributed by atoms with Gasteiger partial charge in [-0.05, 0) is 34.2 Å². The van der Waals surface area contributed by atoms with Crippen molar-refractivity contribution in [3.63, 3.8) is 0 Å². The minimum Gasteiger partial charge on any atom is -0.481 e. The van der Waals surface area contributed by atoms with Crippen LogP contribution in [0, 0.1) is 3.70 Å². The predicted molar refractivity (Wildman–Crippen MR) is 51.4 cm³/mol. The highest BCUT2D eigenvalue weighted by Crippen LogP contribution is 2.12. The second-order valence-electron chi connectivity index (χ2n) is 2.04.